The van der Waals surface area contributed by atoms with Gasteiger partial charge in [0.25, 0.3) is 0 Å². The molecule has 0 atom stereocenters. The maximum absolute atomic E-state index is 12.2. The van der Waals surface area contributed by atoms with E-state index in [4.69, 9.17) is 0 Å². The topological polar surface area (TPSA) is 32.3 Å². The zero-order chi connectivity index (χ0) is 16.6. The highest BCUT2D eigenvalue weighted by Crippen LogP contribution is 2.28. The lowest BCUT2D eigenvalue weighted by molar-refractivity contribution is -0.113. The lowest BCUT2D eigenvalue weighted by Gasteiger charge is -2.26. The third-order valence-electron chi connectivity index (χ3n) is 4.72. The normalized spacial score (nSPS) is 20.0. The molecule has 1 saturated heterocycles. The van der Waals surface area contributed by atoms with E-state index in [1.165, 1.54) is 62.3 Å². The summed E-state index contributed by atoms with van der Waals surface area (Å²) >= 11 is 3.87. The van der Waals surface area contributed by atoms with Crippen LogP contribution in [0.1, 0.15) is 37.7 Å². The van der Waals surface area contributed by atoms with Gasteiger partial charge in [-0.2, -0.15) is 11.8 Å². The van der Waals surface area contributed by atoms with E-state index in [2.05, 4.69) is 28.4 Å². The molecular weight excluding hydrogens is 336 g/mol. The van der Waals surface area contributed by atoms with Crippen molar-refractivity contribution in [1.82, 2.24) is 4.90 Å². The number of rotatable bonds is 6. The minimum absolute atomic E-state index is 0.136. The van der Waals surface area contributed by atoms with E-state index in [0.29, 0.717) is 11.0 Å². The second-order valence-corrected chi connectivity index (χ2v) is 9.22. The van der Waals surface area contributed by atoms with E-state index in [1.54, 1.807) is 0 Å². The van der Waals surface area contributed by atoms with Crippen LogP contribution in [-0.2, 0) is 11.3 Å². The Hall–Kier alpha value is -0.650. The van der Waals surface area contributed by atoms with Crippen LogP contribution < -0.4 is 5.32 Å². The molecule has 2 aliphatic rings. The molecule has 1 heterocycles. The first kappa shape index (κ1) is 18.2. The average Bonchev–Trinajstić information content (AvgIpc) is 2.62. The summed E-state index contributed by atoms with van der Waals surface area (Å²) in [6.07, 6.45) is 6.58. The van der Waals surface area contributed by atoms with Crippen LogP contribution in [-0.4, -0.2) is 46.4 Å². The van der Waals surface area contributed by atoms with Crippen molar-refractivity contribution in [3.05, 3.63) is 29.8 Å². The third kappa shape index (κ3) is 6.01. The summed E-state index contributed by atoms with van der Waals surface area (Å²) < 4.78 is 0. The maximum atomic E-state index is 12.2. The molecule has 1 amide bonds. The highest BCUT2D eigenvalue weighted by Gasteiger charge is 2.15. The zero-order valence-corrected chi connectivity index (χ0v) is 16.0. The van der Waals surface area contributed by atoms with Crippen LogP contribution >= 0.6 is 23.5 Å². The van der Waals surface area contributed by atoms with Gasteiger partial charge in [0.05, 0.1) is 5.75 Å². The number of hydrogen-bond acceptors (Lipinski definition) is 4. The number of benzene rings is 1. The Bertz CT molecular complexity index is 526. The van der Waals surface area contributed by atoms with Crippen molar-refractivity contribution in [1.29, 1.82) is 0 Å². The molecule has 0 aromatic heterocycles. The van der Waals surface area contributed by atoms with Gasteiger partial charge in [-0.3, -0.25) is 9.69 Å². The lowest BCUT2D eigenvalue weighted by atomic mass is 10.0. The second-order valence-electron chi connectivity index (χ2n) is 6.71. The first-order valence-corrected chi connectivity index (χ1v) is 11.3. The van der Waals surface area contributed by atoms with E-state index >= 15 is 0 Å². The zero-order valence-electron chi connectivity index (χ0n) is 14.3. The Morgan fingerprint density at radius 1 is 1.21 bits per heavy atom. The molecule has 0 spiro atoms. The van der Waals surface area contributed by atoms with Gasteiger partial charge in [-0.25, -0.2) is 0 Å². The van der Waals surface area contributed by atoms with Gasteiger partial charge in [-0.1, -0.05) is 31.4 Å². The van der Waals surface area contributed by atoms with Gasteiger partial charge in [0, 0.05) is 42.1 Å². The van der Waals surface area contributed by atoms with E-state index in [0.717, 1.165) is 12.2 Å². The number of nitrogens with one attached hydrogen (secondary N) is 1. The molecule has 5 heteroatoms. The maximum Gasteiger partial charge on any atom is 0.234 e. The van der Waals surface area contributed by atoms with Crippen molar-refractivity contribution >= 4 is 35.1 Å². The second kappa shape index (κ2) is 9.73. The first-order chi connectivity index (χ1) is 11.8. The van der Waals surface area contributed by atoms with Gasteiger partial charge in [-0.05, 0) is 30.5 Å². The number of anilines is 1. The highest BCUT2D eigenvalue weighted by molar-refractivity contribution is 8.00. The minimum Gasteiger partial charge on any atom is -0.325 e. The summed E-state index contributed by atoms with van der Waals surface area (Å²) in [6.45, 7) is 3.32. The quantitative estimate of drug-likeness (QED) is 0.818. The van der Waals surface area contributed by atoms with E-state index in [9.17, 15) is 4.79 Å². The number of carbonyl (C=O) groups excluding carboxylic acids is 1. The molecule has 2 fully saturated rings. The Morgan fingerprint density at radius 2 is 2.00 bits per heavy atom. The molecule has 0 bridgehead atoms. The van der Waals surface area contributed by atoms with Crippen LogP contribution in [0.5, 0.6) is 0 Å². The van der Waals surface area contributed by atoms with E-state index in [-0.39, 0.29) is 5.91 Å². The molecule has 1 aliphatic heterocycles. The molecule has 1 aliphatic carbocycles. The van der Waals surface area contributed by atoms with Crippen LogP contribution in [0.2, 0.25) is 0 Å². The number of thioether (sulfide) groups is 2. The summed E-state index contributed by atoms with van der Waals surface area (Å²) in [7, 11) is 0. The monoisotopic (exact) mass is 364 g/mol. The van der Waals surface area contributed by atoms with Crippen LogP contribution in [0.15, 0.2) is 24.3 Å². The number of hydrogen-bond donors (Lipinski definition) is 1. The summed E-state index contributed by atoms with van der Waals surface area (Å²) in [4.78, 5) is 14.7. The van der Waals surface area contributed by atoms with Crippen LogP contribution in [0, 0.1) is 0 Å². The van der Waals surface area contributed by atoms with Crippen molar-refractivity contribution in [2.24, 2.45) is 0 Å². The minimum atomic E-state index is 0.136. The van der Waals surface area contributed by atoms with Crippen LogP contribution in [0.4, 0.5) is 5.69 Å². The molecule has 132 valence electrons. The summed E-state index contributed by atoms with van der Waals surface area (Å²) in [5, 5.41) is 3.76. The van der Waals surface area contributed by atoms with E-state index < -0.39 is 0 Å². The van der Waals surface area contributed by atoms with Gasteiger partial charge < -0.3 is 5.32 Å². The van der Waals surface area contributed by atoms with Crippen LogP contribution in [0.25, 0.3) is 0 Å². The standard InChI is InChI=1S/C19H28N2OS2/c22-19(15-24-18-7-2-1-3-8-18)20-17-6-4-5-16(13-17)14-21-9-11-23-12-10-21/h4-6,13,18H,1-3,7-12,14-15H2,(H,20,22). The number of amides is 1. The SMILES string of the molecule is O=C(CSC1CCCCC1)Nc1cccc(CN2CCSCC2)c1. The van der Waals surface area contributed by atoms with Crippen molar-refractivity contribution < 1.29 is 4.79 Å². The van der Waals surface area contributed by atoms with Crippen molar-refractivity contribution in [3.63, 3.8) is 0 Å². The van der Waals surface area contributed by atoms with Crippen molar-refractivity contribution in [2.75, 3.05) is 35.7 Å². The molecule has 1 aromatic rings. The Morgan fingerprint density at radius 3 is 2.79 bits per heavy atom. The largest absolute Gasteiger partial charge is 0.325 e. The molecule has 1 saturated carbocycles. The molecule has 3 rings (SSSR count). The molecule has 1 N–H and O–H groups in total. The molecular formula is C19H28N2OS2. The van der Waals surface area contributed by atoms with Gasteiger partial charge in [0.2, 0.25) is 5.91 Å². The fraction of sp³-hybridized carbons (Fsp3) is 0.632. The Kier molecular flexibility index (Phi) is 7.36. The third-order valence-corrected chi connectivity index (χ3v) is 7.04. The fourth-order valence-electron chi connectivity index (χ4n) is 3.39. The number of carbonyl (C=O) groups is 1. The summed E-state index contributed by atoms with van der Waals surface area (Å²) in [5.41, 5.74) is 2.23. The molecule has 3 nitrogen and oxygen atoms in total. The Labute approximate surface area is 154 Å². The highest BCUT2D eigenvalue weighted by atomic mass is 32.2. The Balaban J connectivity index is 1.45. The van der Waals surface area contributed by atoms with Crippen molar-refractivity contribution in [2.45, 2.75) is 43.9 Å². The van der Waals surface area contributed by atoms with Gasteiger partial charge in [0.15, 0.2) is 0 Å². The molecule has 0 radical (unpaired) electrons. The van der Waals surface area contributed by atoms with Gasteiger partial charge in [-0.15, -0.1) is 11.8 Å². The predicted molar refractivity (Wildman–Crippen MR) is 107 cm³/mol. The molecule has 24 heavy (non-hydrogen) atoms. The number of nitrogens with zero attached hydrogens (tertiary/aromatic N) is 1. The smallest absolute Gasteiger partial charge is 0.234 e. The van der Waals surface area contributed by atoms with Gasteiger partial charge >= 0.3 is 0 Å². The summed E-state index contributed by atoms with van der Waals surface area (Å²) in [5.74, 6) is 3.18. The van der Waals surface area contributed by atoms with Crippen LogP contribution in [0.3, 0.4) is 0 Å². The predicted octanol–water partition coefficient (Wildman–Crippen LogP) is 4.24. The average molecular weight is 365 g/mol. The first-order valence-electron chi connectivity index (χ1n) is 9.10. The van der Waals surface area contributed by atoms with Crippen molar-refractivity contribution in [3.8, 4) is 0 Å². The van der Waals surface area contributed by atoms with Gasteiger partial charge in [0.1, 0.15) is 0 Å². The molecule has 0 unspecified atom stereocenters. The summed E-state index contributed by atoms with van der Waals surface area (Å²) in [6, 6.07) is 8.34. The fourth-order valence-corrected chi connectivity index (χ4v) is 5.49. The lowest BCUT2D eigenvalue weighted by Crippen LogP contribution is -2.31. The van der Waals surface area contributed by atoms with E-state index in [1.807, 2.05) is 29.6 Å². The molecule has 1 aromatic carbocycles.